The molecule has 0 spiro atoms. The second-order valence-corrected chi connectivity index (χ2v) is 7.20. The second-order valence-electron chi connectivity index (χ2n) is 5.00. The smallest absolute Gasteiger partial charge is 0.0983 e. The van der Waals surface area contributed by atoms with Crippen LogP contribution in [0.25, 0.3) is 0 Å². The normalized spacial score (nSPS) is 11.4. The monoisotopic (exact) mass is 294 g/mol. The number of hydrogen-bond donors (Lipinski definition) is 1. The Morgan fingerprint density at radius 1 is 1.37 bits per heavy atom. The van der Waals surface area contributed by atoms with E-state index in [2.05, 4.69) is 43.6 Å². The molecule has 0 aromatic carbocycles. The molecule has 2 nitrogen and oxygen atoms in total. The topological polar surface area (TPSA) is 24.9 Å². The van der Waals surface area contributed by atoms with Crippen LogP contribution < -0.4 is 5.32 Å². The summed E-state index contributed by atoms with van der Waals surface area (Å²) in [5, 5.41) is 6.88. The SMILES string of the molecule is CCCNCc1sc(Cc2cccs2)nc1C(C)C. The summed E-state index contributed by atoms with van der Waals surface area (Å²) in [7, 11) is 0. The minimum absolute atomic E-state index is 0.506. The van der Waals surface area contributed by atoms with Crippen molar-refractivity contribution < 1.29 is 0 Å². The molecule has 2 rings (SSSR count). The van der Waals surface area contributed by atoms with Crippen LogP contribution in [0.5, 0.6) is 0 Å². The molecule has 0 saturated heterocycles. The van der Waals surface area contributed by atoms with E-state index in [0.717, 1.165) is 19.5 Å². The van der Waals surface area contributed by atoms with Gasteiger partial charge in [-0.15, -0.1) is 22.7 Å². The van der Waals surface area contributed by atoms with E-state index in [-0.39, 0.29) is 0 Å². The van der Waals surface area contributed by atoms with Crippen molar-refractivity contribution in [2.24, 2.45) is 0 Å². The van der Waals surface area contributed by atoms with Crippen molar-refractivity contribution in [3.8, 4) is 0 Å². The molecule has 0 aliphatic rings. The Balaban J connectivity index is 2.10. The van der Waals surface area contributed by atoms with E-state index < -0.39 is 0 Å². The van der Waals surface area contributed by atoms with Crippen molar-refractivity contribution in [3.05, 3.63) is 38.0 Å². The molecule has 1 N–H and O–H groups in total. The minimum atomic E-state index is 0.506. The van der Waals surface area contributed by atoms with Gasteiger partial charge in [-0.1, -0.05) is 26.8 Å². The van der Waals surface area contributed by atoms with Crippen LogP contribution in [-0.2, 0) is 13.0 Å². The number of nitrogens with zero attached hydrogens (tertiary/aromatic N) is 1. The van der Waals surface area contributed by atoms with E-state index >= 15 is 0 Å². The molecule has 19 heavy (non-hydrogen) atoms. The molecule has 0 radical (unpaired) electrons. The first-order valence-electron chi connectivity index (χ1n) is 6.92. The van der Waals surface area contributed by atoms with Crippen LogP contribution >= 0.6 is 22.7 Å². The zero-order valence-electron chi connectivity index (χ0n) is 11.9. The first-order chi connectivity index (χ1) is 9.20. The van der Waals surface area contributed by atoms with Gasteiger partial charge in [0, 0.05) is 22.7 Å². The summed E-state index contributed by atoms with van der Waals surface area (Å²) in [6.07, 6.45) is 2.16. The largest absolute Gasteiger partial charge is 0.312 e. The predicted octanol–water partition coefficient (Wildman–Crippen LogP) is 4.42. The Bertz CT molecular complexity index is 486. The third-order valence-electron chi connectivity index (χ3n) is 2.94. The van der Waals surface area contributed by atoms with Crippen LogP contribution in [-0.4, -0.2) is 11.5 Å². The second kappa shape index (κ2) is 7.17. The molecule has 0 fully saturated rings. The average Bonchev–Trinajstić information content (AvgIpc) is 3.00. The number of aromatic nitrogens is 1. The first-order valence-corrected chi connectivity index (χ1v) is 8.62. The van der Waals surface area contributed by atoms with Gasteiger partial charge in [-0.2, -0.15) is 0 Å². The molecule has 0 unspecified atom stereocenters. The lowest BCUT2D eigenvalue weighted by Gasteiger charge is -2.05. The summed E-state index contributed by atoms with van der Waals surface area (Å²) >= 11 is 3.68. The highest BCUT2D eigenvalue weighted by Gasteiger charge is 2.14. The maximum absolute atomic E-state index is 4.85. The molecule has 4 heteroatoms. The van der Waals surface area contributed by atoms with Crippen molar-refractivity contribution >= 4 is 22.7 Å². The summed E-state index contributed by atoms with van der Waals surface area (Å²) in [6, 6.07) is 4.30. The van der Waals surface area contributed by atoms with Gasteiger partial charge in [-0.3, -0.25) is 0 Å². The van der Waals surface area contributed by atoms with Gasteiger partial charge in [-0.05, 0) is 30.3 Å². The maximum Gasteiger partial charge on any atom is 0.0983 e. The zero-order chi connectivity index (χ0) is 13.7. The van der Waals surface area contributed by atoms with Gasteiger partial charge in [0.1, 0.15) is 0 Å². The molecule has 2 heterocycles. The van der Waals surface area contributed by atoms with Gasteiger partial charge in [-0.25, -0.2) is 4.98 Å². The lowest BCUT2D eigenvalue weighted by atomic mass is 10.1. The quantitative estimate of drug-likeness (QED) is 0.765. The van der Waals surface area contributed by atoms with Crippen LogP contribution in [0.15, 0.2) is 17.5 Å². The maximum atomic E-state index is 4.85. The number of hydrogen-bond acceptors (Lipinski definition) is 4. The minimum Gasteiger partial charge on any atom is -0.312 e. The average molecular weight is 294 g/mol. The van der Waals surface area contributed by atoms with Gasteiger partial charge >= 0.3 is 0 Å². The highest BCUT2D eigenvalue weighted by molar-refractivity contribution is 7.12. The Labute approximate surface area is 123 Å². The van der Waals surface area contributed by atoms with Gasteiger partial charge in [0.2, 0.25) is 0 Å². The number of thiazole rings is 1. The Kier molecular flexibility index (Phi) is 5.55. The molecule has 2 aromatic heterocycles. The van der Waals surface area contributed by atoms with E-state index in [1.165, 1.54) is 26.9 Å². The molecular formula is C15H22N2S2. The molecule has 0 saturated carbocycles. The lowest BCUT2D eigenvalue weighted by molar-refractivity contribution is 0.670. The number of rotatable bonds is 7. The van der Waals surface area contributed by atoms with Crippen molar-refractivity contribution in [3.63, 3.8) is 0 Å². The fourth-order valence-corrected chi connectivity index (χ4v) is 4.02. The van der Waals surface area contributed by atoms with Gasteiger partial charge in [0.25, 0.3) is 0 Å². The van der Waals surface area contributed by atoms with Crippen LogP contribution in [0, 0.1) is 0 Å². The molecule has 0 amide bonds. The van der Waals surface area contributed by atoms with E-state index in [0.29, 0.717) is 5.92 Å². The van der Waals surface area contributed by atoms with Gasteiger partial charge in [0.15, 0.2) is 0 Å². The van der Waals surface area contributed by atoms with E-state index in [1.807, 2.05) is 22.7 Å². The highest BCUT2D eigenvalue weighted by atomic mass is 32.1. The molecule has 0 aliphatic heterocycles. The van der Waals surface area contributed by atoms with Crippen LogP contribution in [0.4, 0.5) is 0 Å². The fraction of sp³-hybridized carbons (Fsp3) is 0.533. The van der Waals surface area contributed by atoms with E-state index in [9.17, 15) is 0 Å². The standard InChI is InChI=1S/C15H22N2S2/c1-4-7-16-10-13-15(11(2)3)17-14(19-13)9-12-6-5-8-18-12/h5-6,8,11,16H,4,7,9-10H2,1-3H3. The van der Waals surface area contributed by atoms with Crippen molar-refractivity contribution in [1.82, 2.24) is 10.3 Å². The molecule has 0 bridgehead atoms. The van der Waals surface area contributed by atoms with Crippen molar-refractivity contribution in [2.45, 2.75) is 46.1 Å². The summed E-state index contributed by atoms with van der Waals surface area (Å²) in [6.45, 7) is 8.70. The predicted molar refractivity (Wildman–Crippen MR) is 85.3 cm³/mol. The van der Waals surface area contributed by atoms with Crippen molar-refractivity contribution in [2.75, 3.05) is 6.54 Å². The summed E-state index contributed by atoms with van der Waals surface area (Å²) in [4.78, 5) is 7.66. The summed E-state index contributed by atoms with van der Waals surface area (Å²) < 4.78 is 0. The summed E-state index contributed by atoms with van der Waals surface area (Å²) in [5.74, 6) is 0.506. The first kappa shape index (κ1) is 14.7. The number of nitrogens with one attached hydrogen (secondary N) is 1. The van der Waals surface area contributed by atoms with E-state index in [4.69, 9.17) is 4.98 Å². The molecule has 104 valence electrons. The van der Waals surface area contributed by atoms with Crippen LogP contribution in [0.1, 0.15) is 53.6 Å². The van der Waals surface area contributed by atoms with Crippen LogP contribution in [0.2, 0.25) is 0 Å². The Hall–Kier alpha value is -0.710. The number of thiophene rings is 1. The highest BCUT2D eigenvalue weighted by Crippen LogP contribution is 2.27. The molecule has 2 aromatic rings. The molecular weight excluding hydrogens is 272 g/mol. The van der Waals surface area contributed by atoms with E-state index in [1.54, 1.807) is 0 Å². The Morgan fingerprint density at radius 2 is 2.21 bits per heavy atom. The summed E-state index contributed by atoms with van der Waals surface area (Å²) in [5.41, 5.74) is 1.28. The van der Waals surface area contributed by atoms with Gasteiger partial charge < -0.3 is 5.32 Å². The van der Waals surface area contributed by atoms with Crippen LogP contribution in [0.3, 0.4) is 0 Å². The van der Waals surface area contributed by atoms with Crippen molar-refractivity contribution in [1.29, 1.82) is 0 Å². The third-order valence-corrected chi connectivity index (χ3v) is 4.88. The molecule has 0 atom stereocenters. The molecule has 0 aliphatic carbocycles. The zero-order valence-corrected chi connectivity index (χ0v) is 13.5. The third kappa shape index (κ3) is 4.13. The fourth-order valence-electron chi connectivity index (χ4n) is 2.01. The van der Waals surface area contributed by atoms with Gasteiger partial charge in [0.05, 0.1) is 10.7 Å². The lowest BCUT2D eigenvalue weighted by Crippen LogP contribution is -2.14. The Morgan fingerprint density at radius 3 is 2.84 bits per heavy atom.